The maximum Gasteiger partial charge on any atom is 0.319 e. The molecule has 2 heterocycles. The average molecular weight is 339 g/mol. The number of H-pyrrole nitrogens is 1. The highest BCUT2D eigenvalue weighted by atomic mass is 16.3. The molecular formula is C18H21N5O2. The third-order valence-electron chi connectivity index (χ3n) is 3.81. The molecule has 25 heavy (non-hydrogen) atoms. The number of carbonyl (C=O) groups excluding carboxylic acids is 1. The summed E-state index contributed by atoms with van der Waals surface area (Å²) >= 11 is 0. The quantitative estimate of drug-likeness (QED) is 0.663. The van der Waals surface area contributed by atoms with Gasteiger partial charge in [0.2, 0.25) is 5.89 Å². The number of urea groups is 1. The van der Waals surface area contributed by atoms with Crippen LogP contribution in [0.3, 0.4) is 0 Å². The second-order valence-corrected chi connectivity index (χ2v) is 6.11. The normalized spacial score (nSPS) is 12.0. The number of amides is 2. The van der Waals surface area contributed by atoms with Crippen molar-refractivity contribution in [2.75, 3.05) is 5.32 Å². The Labute approximate surface area is 145 Å². The van der Waals surface area contributed by atoms with Gasteiger partial charge in [-0.25, -0.2) is 9.78 Å². The molecule has 0 saturated carbocycles. The summed E-state index contributed by atoms with van der Waals surface area (Å²) in [5.41, 5.74) is 4.48. The summed E-state index contributed by atoms with van der Waals surface area (Å²) in [5, 5.41) is 12.8. The largest absolute Gasteiger partial charge is 0.445 e. The Morgan fingerprint density at radius 1 is 1.32 bits per heavy atom. The molecule has 0 spiro atoms. The number of oxazole rings is 1. The summed E-state index contributed by atoms with van der Waals surface area (Å²) < 4.78 is 5.34. The molecule has 1 unspecified atom stereocenters. The second-order valence-electron chi connectivity index (χ2n) is 6.11. The van der Waals surface area contributed by atoms with E-state index in [9.17, 15) is 4.79 Å². The predicted molar refractivity (Wildman–Crippen MR) is 95.3 cm³/mol. The number of carbonyl (C=O) groups is 1. The van der Waals surface area contributed by atoms with Gasteiger partial charge in [-0.1, -0.05) is 6.07 Å². The van der Waals surface area contributed by atoms with Crippen molar-refractivity contribution in [3.05, 3.63) is 53.7 Å². The lowest BCUT2D eigenvalue weighted by Gasteiger charge is -2.14. The first-order valence-electron chi connectivity index (χ1n) is 8.10. The predicted octanol–water partition coefficient (Wildman–Crippen LogP) is 3.43. The summed E-state index contributed by atoms with van der Waals surface area (Å²) in [6, 6.07) is 7.29. The summed E-state index contributed by atoms with van der Waals surface area (Å²) in [6.07, 6.45) is 3.78. The highest BCUT2D eigenvalue weighted by Crippen LogP contribution is 2.25. The smallest absolute Gasteiger partial charge is 0.319 e. The van der Waals surface area contributed by atoms with Crippen molar-refractivity contribution in [2.45, 2.75) is 33.2 Å². The topological polar surface area (TPSA) is 95.8 Å². The molecule has 130 valence electrons. The Kier molecular flexibility index (Phi) is 4.83. The van der Waals surface area contributed by atoms with E-state index in [0.717, 1.165) is 22.5 Å². The number of hydrogen-bond donors (Lipinski definition) is 3. The van der Waals surface area contributed by atoms with Crippen molar-refractivity contribution in [2.24, 2.45) is 0 Å². The molecule has 1 atom stereocenters. The highest BCUT2D eigenvalue weighted by Gasteiger charge is 2.12. The monoisotopic (exact) mass is 339 g/mol. The number of nitrogens with one attached hydrogen (secondary N) is 3. The number of aromatic nitrogens is 3. The average Bonchev–Trinajstić information content (AvgIpc) is 3.21. The van der Waals surface area contributed by atoms with E-state index < -0.39 is 0 Å². The molecule has 0 fully saturated rings. The van der Waals surface area contributed by atoms with E-state index in [-0.39, 0.29) is 12.1 Å². The zero-order valence-corrected chi connectivity index (χ0v) is 14.5. The molecule has 2 aromatic heterocycles. The van der Waals surface area contributed by atoms with Crippen LogP contribution < -0.4 is 10.6 Å². The number of benzene rings is 1. The molecule has 3 rings (SSSR count). The van der Waals surface area contributed by atoms with Crippen LogP contribution in [-0.4, -0.2) is 27.3 Å². The molecule has 1 aromatic carbocycles. The van der Waals surface area contributed by atoms with Crippen LogP contribution in [0.4, 0.5) is 10.5 Å². The SMILES string of the molecule is Cc1cc(CC(C)NC(=O)Nc2ccc(C)c(-c3ncco3)c2)n[nH]1. The molecule has 2 amide bonds. The van der Waals surface area contributed by atoms with E-state index in [1.807, 2.05) is 45.0 Å². The molecule has 0 saturated heterocycles. The van der Waals surface area contributed by atoms with Crippen LogP contribution in [-0.2, 0) is 6.42 Å². The van der Waals surface area contributed by atoms with Crippen LogP contribution in [0.2, 0.25) is 0 Å². The number of aryl methyl sites for hydroxylation is 2. The Morgan fingerprint density at radius 2 is 2.16 bits per heavy atom. The van der Waals surface area contributed by atoms with Crippen molar-refractivity contribution < 1.29 is 9.21 Å². The molecule has 0 aliphatic carbocycles. The van der Waals surface area contributed by atoms with Gasteiger partial charge >= 0.3 is 6.03 Å². The number of nitrogens with zero attached hydrogens (tertiary/aromatic N) is 2. The van der Waals surface area contributed by atoms with Gasteiger partial charge in [0.15, 0.2) is 0 Å². The van der Waals surface area contributed by atoms with E-state index in [4.69, 9.17) is 4.42 Å². The minimum absolute atomic E-state index is 0.0423. The van der Waals surface area contributed by atoms with E-state index in [2.05, 4.69) is 25.8 Å². The molecule has 0 bridgehead atoms. The van der Waals surface area contributed by atoms with Gasteiger partial charge in [0, 0.05) is 29.4 Å². The van der Waals surface area contributed by atoms with Gasteiger partial charge in [-0.2, -0.15) is 5.10 Å². The zero-order chi connectivity index (χ0) is 17.8. The highest BCUT2D eigenvalue weighted by molar-refractivity contribution is 5.90. The van der Waals surface area contributed by atoms with Crippen molar-refractivity contribution in [1.29, 1.82) is 0 Å². The van der Waals surface area contributed by atoms with Gasteiger partial charge < -0.3 is 15.1 Å². The number of rotatable bonds is 5. The summed E-state index contributed by atoms with van der Waals surface area (Å²) in [5.74, 6) is 0.531. The fourth-order valence-electron chi connectivity index (χ4n) is 2.62. The first-order chi connectivity index (χ1) is 12.0. The molecule has 7 nitrogen and oxygen atoms in total. The van der Waals surface area contributed by atoms with E-state index in [1.165, 1.54) is 6.26 Å². The molecule has 0 aliphatic heterocycles. The van der Waals surface area contributed by atoms with Crippen LogP contribution in [0, 0.1) is 13.8 Å². The van der Waals surface area contributed by atoms with E-state index >= 15 is 0 Å². The van der Waals surface area contributed by atoms with Gasteiger partial charge in [-0.3, -0.25) is 5.10 Å². The Balaban J connectivity index is 1.62. The second kappa shape index (κ2) is 7.21. The molecule has 0 aliphatic rings. The lowest BCUT2D eigenvalue weighted by atomic mass is 10.1. The molecular weight excluding hydrogens is 318 g/mol. The van der Waals surface area contributed by atoms with Gasteiger partial charge in [0.05, 0.1) is 11.9 Å². The molecule has 7 heteroatoms. The van der Waals surface area contributed by atoms with E-state index in [1.54, 1.807) is 6.20 Å². The Morgan fingerprint density at radius 3 is 2.84 bits per heavy atom. The van der Waals surface area contributed by atoms with Crippen molar-refractivity contribution >= 4 is 11.7 Å². The van der Waals surface area contributed by atoms with Gasteiger partial charge in [-0.05, 0) is 44.5 Å². The zero-order valence-electron chi connectivity index (χ0n) is 14.5. The Bertz CT molecular complexity index is 854. The van der Waals surface area contributed by atoms with Crippen LogP contribution in [0.15, 0.2) is 41.1 Å². The fourth-order valence-corrected chi connectivity index (χ4v) is 2.62. The minimum Gasteiger partial charge on any atom is -0.445 e. The maximum absolute atomic E-state index is 12.2. The van der Waals surface area contributed by atoms with Crippen LogP contribution in [0.1, 0.15) is 23.9 Å². The van der Waals surface area contributed by atoms with Gasteiger partial charge in [-0.15, -0.1) is 0 Å². The summed E-state index contributed by atoms with van der Waals surface area (Å²) in [4.78, 5) is 16.4. The molecule has 3 aromatic rings. The van der Waals surface area contributed by atoms with Crippen molar-refractivity contribution in [3.63, 3.8) is 0 Å². The lowest BCUT2D eigenvalue weighted by Crippen LogP contribution is -2.37. The van der Waals surface area contributed by atoms with Gasteiger partial charge in [0.1, 0.15) is 6.26 Å². The third kappa shape index (κ3) is 4.26. The minimum atomic E-state index is -0.262. The summed E-state index contributed by atoms with van der Waals surface area (Å²) in [6.45, 7) is 5.86. The Hall–Kier alpha value is -3.09. The van der Waals surface area contributed by atoms with Crippen LogP contribution >= 0.6 is 0 Å². The number of aromatic amines is 1. The lowest BCUT2D eigenvalue weighted by molar-refractivity contribution is 0.249. The fraction of sp³-hybridized carbons (Fsp3) is 0.278. The third-order valence-corrected chi connectivity index (χ3v) is 3.81. The number of anilines is 1. The maximum atomic E-state index is 12.2. The van der Waals surface area contributed by atoms with E-state index in [0.29, 0.717) is 18.0 Å². The molecule has 0 radical (unpaired) electrons. The summed E-state index contributed by atoms with van der Waals surface area (Å²) in [7, 11) is 0. The van der Waals surface area contributed by atoms with Crippen LogP contribution in [0.5, 0.6) is 0 Å². The van der Waals surface area contributed by atoms with Crippen LogP contribution in [0.25, 0.3) is 11.5 Å². The van der Waals surface area contributed by atoms with Gasteiger partial charge in [0.25, 0.3) is 0 Å². The first-order valence-corrected chi connectivity index (χ1v) is 8.10. The molecule has 3 N–H and O–H groups in total. The van der Waals surface area contributed by atoms with Crippen molar-refractivity contribution in [1.82, 2.24) is 20.5 Å². The number of hydrogen-bond acceptors (Lipinski definition) is 4. The first kappa shape index (κ1) is 16.8. The standard InChI is InChI=1S/C18H21N5O2/c1-11-4-5-14(10-16(11)17-19-6-7-25-17)21-18(24)20-12(2)8-15-9-13(3)22-23-15/h4-7,9-10,12H,8H2,1-3H3,(H,22,23)(H2,20,21,24). The van der Waals surface area contributed by atoms with Crippen molar-refractivity contribution in [3.8, 4) is 11.5 Å².